The summed E-state index contributed by atoms with van der Waals surface area (Å²) in [5.74, 6) is -1.59. The average molecular weight is 763 g/mol. The van der Waals surface area contributed by atoms with E-state index < -0.39 is 12.2 Å². The third-order valence-corrected chi connectivity index (χ3v) is 12.7. The predicted molar refractivity (Wildman–Crippen MR) is 206 cm³/mol. The van der Waals surface area contributed by atoms with Crippen molar-refractivity contribution in [3.8, 4) is 10.0 Å². The Morgan fingerprint density at radius 1 is 0.717 bits per heavy atom. The van der Waals surface area contributed by atoms with Gasteiger partial charge in [-0.15, -0.1) is 22.7 Å². The number of benzene rings is 2. The van der Waals surface area contributed by atoms with Crippen molar-refractivity contribution >= 4 is 67.0 Å². The van der Waals surface area contributed by atoms with Gasteiger partial charge >= 0.3 is 23.9 Å². The van der Waals surface area contributed by atoms with E-state index in [9.17, 15) is 19.2 Å². The van der Waals surface area contributed by atoms with E-state index in [4.69, 9.17) is 28.9 Å². The lowest BCUT2D eigenvalue weighted by atomic mass is 9.87. The zero-order valence-electron chi connectivity index (χ0n) is 31.5. The standard InChI is InChI=1S/C41H50N2O8S2/c1-7-9-33(51-41(47)27-12-16-29(17-13-27)49-25(6)45)31-19-18-30(32(8-2)50-40(46)26-10-14-28(15-11-26)48-24(5)44)36-37(31)53-39(43-36)38-42-35-23(4)20-22(3)21-34(35)52-38/h18-21,26-29,32-33H,7-17H2,1-6H3. The first kappa shape index (κ1) is 38.8. The molecule has 0 N–H and O–H groups in total. The van der Waals surface area contributed by atoms with Crippen molar-refractivity contribution in [1.29, 1.82) is 0 Å². The number of aryl methyl sites for hydroxylation is 2. The molecule has 2 saturated carbocycles. The quantitative estimate of drug-likeness (QED) is 0.102. The highest BCUT2D eigenvalue weighted by Crippen LogP contribution is 2.44. The van der Waals surface area contributed by atoms with Gasteiger partial charge in [0.05, 0.1) is 32.3 Å². The number of hydrogen-bond acceptors (Lipinski definition) is 12. The van der Waals surface area contributed by atoms with Crippen molar-refractivity contribution in [2.75, 3.05) is 0 Å². The lowest BCUT2D eigenvalue weighted by molar-refractivity contribution is -0.160. The molecule has 2 heterocycles. The molecule has 2 fully saturated rings. The van der Waals surface area contributed by atoms with Crippen LogP contribution in [0.4, 0.5) is 0 Å². The Morgan fingerprint density at radius 2 is 1.25 bits per heavy atom. The van der Waals surface area contributed by atoms with E-state index in [-0.39, 0.29) is 47.9 Å². The molecule has 2 aromatic heterocycles. The minimum atomic E-state index is -0.528. The molecule has 6 rings (SSSR count). The highest BCUT2D eigenvalue weighted by molar-refractivity contribution is 7.27. The number of carbonyl (C=O) groups excluding carboxylic acids is 4. The summed E-state index contributed by atoms with van der Waals surface area (Å²) in [4.78, 5) is 60.3. The molecule has 10 nitrogen and oxygen atoms in total. The molecule has 284 valence electrons. The molecule has 2 aliphatic carbocycles. The summed E-state index contributed by atoms with van der Waals surface area (Å²) in [7, 11) is 0. The number of thiazole rings is 2. The maximum atomic E-state index is 13.6. The van der Waals surface area contributed by atoms with Crippen molar-refractivity contribution in [1.82, 2.24) is 9.97 Å². The van der Waals surface area contributed by atoms with Crippen molar-refractivity contribution in [2.24, 2.45) is 11.8 Å². The first-order chi connectivity index (χ1) is 25.4. The van der Waals surface area contributed by atoms with Crippen LogP contribution < -0.4 is 0 Å². The number of hydrogen-bond donors (Lipinski definition) is 0. The van der Waals surface area contributed by atoms with Crippen LogP contribution in [0.3, 0.4) is 0 Å². The zero-order chi connectivity index (χ0) is 37.8. The van der Waals surface area contributed by atoms with E-state index in [2.05, 4.69) is 32.9 Å². The van der Waals surface area contributed by atoms with Crippen LogP contribution in [-0.4, -0.2) is 46.1 Å². The van der Waals surface area contributed by atoms with Gasteiger partial charge in [0, 0.05) is 25.0 Å². The third kappa shape index (κ3) is 9.08. The van der Waals surface area contributed by atoms with Gasteiger partial charge in [-0.1, -0.05) is 38.5 Å². The Labute approximate surface area is 319 Å². The molecule has 0 bridgehead atoms. The second kappa shape index (κ2) is 17.1. The molecule has 0 aliphatic heterocycles. The summed E-state index contributed by atoms with van der Waals surface area (Å²) in [6, 6.07) is 8.27. The van der Waals surface area contributed by atoms with Gasteiger partial charge in [-0.25, -0.2) is 9.97 Å². The Hall–Kier alpha value is -3.90. The van der Waals surface area contributed by atoms with Crippen LogP contribution >= 0.6 is 22.7 Å². The normalized spacial score (nSPS) is 21.5. The van der Waals surface area contributed by atoms with Crippen LogP contribution in [0.2, 0.25) is 0 Å². The Bertz CT molecular complexity index is 1970. The van der Waals surface area contributed by atoms with Gasteiger partial charge in [-0.3, -0.25) is 19.2 Å². The Kier molecular flexibility index (Phi) is 12.5. The zero-order valence-corrected chi connectivity index (χ0v) is 33.2. The minimum absolute atomic E-state index is 0.155. The minimum Gasteiger partial charge on any atom is -0.463 e. The third-order valence-electron chi connectivity index (χ3n) is 10.4. The molecule has 0 amide bonds. The molecule has 53 heavy (non-hydrogen) atoms. The molecule has 2 aliphatic rings. The topological polar surface area (TPSA) is 131 Å². The van der Waals surface area contributed by atoms with E-state index in [0.717, 1.165) is 53.6 Å². The number of carbonyl (C=O) groups is 4. The fraction of sp³-hybridized carbons (Fsp3) is 0.561. The highest BCUT2D eigenvalue weighted by Gasteiger charge is 2.34. The summed E-state index contributed by atoms with van der Waals surface area (Å²) in [6.07, 6.45) is 5.65. The van der Waals surface area contributed by atoms with Gasteiger partial charge < -0.3 is 18.9 Å². The summed E-state index contributed by atoms with van der Waals surface area (Å²) in [6.45, 7) is 11.1. The molecule has 0 spiro atoms. The second-order valence-corrected chi connectivity index (χ2v) is 16.6. The van der Waals surface area contributed by atoms with Gasteiger partial charge in [0.1, 0.15) is 24.4 Å². The van der Waals surface area contributed by atoms with Crippen LogP contribution in [-0.2, 0) is 38.1 Å². The van der Waals surface area contributed by atoms with E-state index in [1.807, 2.05) is 19.1 Å². The molecular weight excluding hydrogens is 713 g/mol. The summed E-state index contributed by atoms with van der Waals surface area (Å²) >= 11 is 3.14. The lowest BCUT2D eigenvalue weighted by Crippen LogP contribution is -2.29. The fourth-order valence-electron chi connectivity index (χ4n) is 7.79. The highest BCUT2D eigenvalue weighted by atomic mass is 32.1. The lowest BCUT2D eigenvalue weighted by Gasteiger charge is -2.29. The van der Waals surface area contributed by atoms with Crippen LogP contribution in [0.15, 0.2) is 24.3 Å². The van der Waals surface area contributed by atoms with Crippen molar-refractivity contribution in [2.45, 2.75) is 137 Å². The SMILES string of the molecule is CCCC(OC(=O)C1CCC(OC(C)=O)CC1)c1ccc(C(CC)OC(=O)C2CCC(OC(C)=O)CC2)c2nc(-c3nc4c(C)cc(C)cc4s3)sc12. The summed E-state index contributed by atoms with van der Waals surface area (Å²) in [5, 5.41) is 1.58. The van der Waals surface area contributed by atoms with Crippen molar-refractivity contribution < 1.29 is 38.1 Å². The first-order valence-electron chi connectivity index (χ1n) is 19.0. The largest absolute Gasteiger partial charge is 0.463 e. The summed E-state index contributed by atoms with van der Waals surface area (Å²) in [5.41, 5.74) is 5.67. The van der Waals surface area contributed by atoms with E-state index in [0.29, 0.717) is 64.2 Å². The van der Waals surface area contributed by atoms with Crippen LogP contribution in [0.25, 0.3) is 30.4 Å². The average Bonchev–Trinajstić information content (AvgIpc) is 3.76. The molecule has 12 heteroatoms. The number of aromatic nitrogens is 2. The van der Waals surface area contributed by atoms with E-state index >= 15 is 0 Å². The molecule has 2 unspecified atom stereocenters. The van der Waals surface area contributed by atoms with Gasteiger partial charge in [0.25, 0.3) is 0 Å². The van der Waals surface area contributed by atoms with Gasteiger partial charge in [0.2, 0.25) is 0 Å². The van der Waals surface area contributed by atoms with Crippen LogP contribution in [0.1, 0.15) is 133 Å². The first-order valence-corrected chi connectivity index (χ1v) is 20.6. The number of esters is 4. The maximum Gasteiger partial charge on any atom is 0.309 e. The molecule has 0 saturated heterocycles. The molecule has 4 aromatic rings. The van der Waals surface area contributed by atoms with Gasteiger partial charge in [0.15, 0.2) is 10.0 Å². The number of nitrogens with zero attached hydrogens (tertiary/aromatic N) is 2. The van der Waals surface area contributed by atoms with Crippen molar-refractivity contribution in [3.63, 3.8) is 0 Å². The molecule has 2 atom stereocenters. The van der Waals surface area contributed by atoms with Crippen LogP contribution in [0.5, 0.6) is 0 Å². The Morgan fingerprint density at radius 3 is 1.79 bits per heavy atom. The fourth-order valence-corrected chi connectivity index (χ4v) is 10.1. The number of rotatable bonds is 12. The monoisotopic (exact) mass is 762 g/mol. The molecular formula is C41H50N2O8S2. The van der Waals surface area contributed by atoms with Gasteiger partial charge in [-0.2, -0.15) is 0 Å². The maximum absolute atomic E-state index is 13.6. The number of fused-ring (bicyclic) bond motifs is 2. The second-order valence-electron chi connectivity index (χ2n) is 14.6. The smallest absolute Gasteiger partial charge is 0.309 e. The molecule has 2 aromatic carbocycles. The molecule has 0 radical (unpaired) electrons. The predicted octanol–water partition coefficient (Wildman–Crippen LogP) is 9.81. The van der Waals surface area contributed by atoms with E-state index in [1.165, 1.54) is 30.7 Å². The number of ether oxygens (including phenoxy) is 4. The van der Waals surface area contributed by atoms with Crippen molar-refractivity contribution in [3.05, 3.63) is 46.5 Å². The van der Waals surface area contributed by atoms with E-state index in [1.54, 1.807) is 11.3 Å². The summed E-state index contributed by atoms with van der Waals surface area (Å²) < 4.78 is 25.4. The Balaban J connectivity index is 1.32. The van der Waals surface area contributed by atoms with Gasteiger partial charge in [-0.05, 0) is 95.2 Å². The van der Waals surface area contributed by atoms with Crippen LogP contribution in [0, 0.1) is 25.7 Å².